The number of fused-ring (bicyclic) bond motifs is 3. The second-order valence-corrected chi connectivity index (χ2v) is 11.2. The van der Waals surface area contributed by atoms with Crippen LogP contribution in [0.2, 0.25) is 0 Å². The summed E-state index contributed by atoms with van der Waals surface area (Å²) in [6, 6.07) is 0. The second kappa shape index (κ2) is 5.70. The minimum atomic E-state index is 0.499. The van der Waals surface area contributed by atoms with E-state index in [1.807, 2.05) is 0 Å². The van der Waals surface area contributed by atoms with Gasteiger partial charge in [0.05, 0.1) is 36.6 Å². The van der Waals surface area contributed by atoms with Crippen LogP contribution in [0.1, 0.15) is 72.1 Å². The minimum absolute atomic E-state index is 0.499. The summed E-state index contributed by atoms with van der Waals surface area (Å²) in [5.41, 5.74) is 0.499. The van der Waals surface area contributed by atoms with E-state index in [-0.39, 0.29) is 0 Å². The second-order valence-electron chi connectivity index (χ2n) is 11.2. The Hall–Kier alpha value is -0.120. The summed E-state index contributed by atoms with van der Waals surface area (Å²) in [5, 5.41) is 0. The Morgan fingerprint density at radius 2 is 1.08 bits per heavy atom. The lowest BCUT2D eigenvalue weighted by Crippen LogP contribution is -2.42. The molecular formula is C23H36O3. The molecule has 3 nitrogen and oxygen atoms in total. The highest BCUT2D eigenvalue weighted by molar-refractivity contribution is 5.06. The topological polar surface area (TPSA) is 37.6 Å². The Morgan fingerprint density at radius 1 is 0.615 bits per heavy atom. The molecule has 3 saturated carbocycles. The van der Waals surface area contributed by atoms with Gasteiger partial charge in [0.1, 0.15) is 0 Å². The fraction of sp³-hybridized carbons (Fsp3) is 1.00. The third-order valence-electron chi connectivity index (χ3n) is 9.53. The molecule has 3 saturated heterocycles. The smallest absolute Gasteiger partial charge is 0.0847 e. The average Bonchev–Trinajstić information content (AvgIpc) is 3.44. The quantitative estimate of drug-likeness (QED) is 0.689. The van der Waals surface area contributed by atoms with Gasteiger partial charge < -0.3 is 14.2 Å². The van der Waals surface area contributed by atoms with Crippen LogP contribution in [0.15, 0.2) is 0 Å². The van der Waals surface area contributed by atoms with Crippen molar-refractivity contribution >= 4 is 0 Å². The van der Waals surface area contributed by atoms with E-state index >= 15 is 0 Å². The molecule has 0 radical (unpaired) electrons. The van der Waals surface area contributed by atoms with Crippen molar-refractivity contribution in [1.82, 2.24) is 0 Å². The number of hydrogen-bond donors (Lipinski definition) is 0. The molecule has 0 amide bonds. The lowest BCUT2D eigenvalue weighted by molar-refractivity contribution is 0.0233. The molecule has 3 aliphatic heterocycles. The maximum absolute atomic E-state index is 6.04. The summed E-state index contributed by atoms with van der Waals surface area (Å²) in [6.45, 7) is 7.53. The first-order valence-electron chi connectivity index (χ1n) is 11.5. The highest BCUT2D eigenvalue weighted by Gasteiger charge is 2.58. The van der Waals surface area contributed by atoms with E-state index in [0.717, 1.165) is 29.6 Å². The molecule has 0 aromatic carbocycles. The van der Waals surface area contributed by atoms with Gasteiger partial charge in [-0.2, -0.15) is 0 Å². The van der Waals surface area contributed by atoms with Gasteiger partial charge in [-0.3, -0.25) is 0 Å². The Labute approximate surface area is 158 Å². The van der Waals surface area contributed by atoms with Crippen LogP contribution in [0, 0.1) is 35.0 Å². The van der Waals surface area contributed by atoms with Crippen LogP contribution < -0.4 is 0 Å². The number of hydrogen-bond acceptors (Lipinski definition) is 3. The van der Waals surface area contributed by atoms with Crippen molar-refractivity contribution in [1.29, 1.82) is 0 Å². The summed E-state index contributed by atoms with van der Waals surface area (Å²) >= 11 is 0. The zero-order valence-electron chi connectivity index (χ0n) is 16.7. The molecule has 6 rings (SSSR count). The van der Waals surface area contributed by atoms with E-state index in [4.69, 9.17) is 14.2 Å². The largest absolute Gasteiger partial charge is 0.370 e. The van der Waals surface area contributed by atoms with Gasteiger partial charge in [-0.25, -0.2) is 0 Å². The SMILES string of the molecule is CC1CC2OC2CC1CC1(CC2CC3OC3CC2C)CC2OC2CC1C. The fourth-order valence-electron chi connectivity index (χ4n) is 7.40. The van der Waals surface area contributed by atoms with Crippen molar-refractivity contribution < 1.29 is 14.2 Å². The van der Waals surface area contributed by atoms with E-state index in [2.05, 4.69) is 20.8 Å². The van der Waals surface area contributed by atoms with Gasteiger partial charge >= 0.3 is 0 Å². The van der Waals surface area contributed by atoms with E-state index in [1.54, 1.807) is 0 Å². The molecule has 0 aromatic heterocycles. The molecule has 6 fully saturated rings. The van der Waals surface area contributed by atoms with Gasteiger partial charge in [0.2, 0.25) is 0 Å². The molecule has 0 spiro atoms. The lowest BCUT2D eigenvalue weighted by atomic mass is 9.56. The average molecular weight is 361 g/mol. The fourth-order valence-corrected chi connectivity index (χ4v) is 7.40. The number of epoxide rings is 3. The Balaban J connectivity index is 1.23. The first kappa shape index (κ1) is 16.8. The summed E-state index contributed by atoms with van der Waals surface area (Å²) in [4.78, 5) is 0. The Bertz CT molecular complexity index is 542. The summed E-state index contributed by atoms with van der Waals surface area (Å²) < 4.78 is 17.8. The van der Waals surface area contributed by atoms with Crippen LogP contribution in [0.5, 0.6) is 0 Å². The lowest BCUT2D eigenvalue weighted by Gasteiger charge is -2.48. The molecule has 6 aliphatic rings. The first-order chi connectivity index (χ1) is 12.5. The molecule has 146 valence electrons. The zero-order chi connectivity index (χ0) is 17.6. The maximum atomic E-state index is 6.04. The van der Waals surface area contributed by atoms with Crippen LogP contribution in [0.3, 0.4) is 0 Å². The number of rotatable bonds is 4. The van der Waals surface area contributed by atoms with Gasteiger partial charge in [-0.15, -0.1) is 0 Å². The zero-order valence-corrected chi connectivity index (χ0v) is 16.7. The van der Waals surface area contributed by atoms with E-state index < -0.39 is 0 Å². The van der Waals surface area contributed by atoms with E-state index in [0.29, 0.717) is 42.0 Å². The summed E-state index contributed by atoms with van der Waals surface area (Å²) in [5.74, 6) is 4.20. The Kier molecular flexibility index (Phi) is 3.68. The van der Waals surface area contributed by atoms with Crippen molar-refractivity contribution in [2.75, 3.05) is 0 Å². The van der Waals surface area contributed by atoms with Crippen LogP contribution in [-0.4, -0.2) is 36.6 Å². The maximum Gasteiger partial charge on any atom is 0.0847 e. The molecule has 3 heteroatoms. The predicted molar refractivity (Wildman–Crippen MR) is 99.8 cm³/mol. The van der Waals surface area contributed by atoms with Gasteiger partial charge in [0.25, 0.3) is 0 Å². The number of ether oxygens (including phenoxy) is 3. The van der Waals surface area contributed by atoms with Crippen LogP contribution in [0.25, 0.3) is 0 Å². The molecule has 0 bridgehead atoms. The van der Waals surface area contributed by atoms with E-state index in [9.17, 15) is 0 Å². The molecular weight excluding hydrogens is 324 g/mol. The standard InChI is InChI=1S/C23H36O3/c1-12-4-17-20(24-17)7-15(12)9-23(11-22-19(26-22)6-14(23)3)10-16-8-21-18(25-21)5-13(16)2/h12-22H,4-11H2,1-3H3. The Morgan fingerprint density at radius 3 is 1.65 bits per heavy atom. The molecule has 11 unspecified atom stereocenters. The van der Waals surface area contributed by atoms with Crippen LogP contribution in [0.4, 0.5) is 0 Å². The van der Waals surface area contributed by atoms with Gasteiger partial charge in [-0.1, -0.05) is 20.8 Å². The van der Waals surface area contributed by atoms with Crippen molar-refractivity contribution in [2.45, 2.75) is 109 Å². The van der Waals surface area contributed by atoms with Crippen molar-refractivity contribution in [3.8, 4) is 0 Å². The normalized spacial score (nSPS) is 62.7. The molecule has 3 aliphatic carbocycles. The summed E-state index contributed by atoms with van der Waals surface area (Å²) in [6.07, 6.45) is 14.3. The molecule has 26 heavy (non-hydrogen) atoms. The minimum Gasteiger partial charge on any atom is -0.370 e. The van der Waals surface area contributed by atoms with Gasteiger partial charge in [-0.05, 0) is 86.4 Å². The van der Waals surface area contributed by atoms with Gasteiger partial charge in [0, 0.05) is 0 Å². The molecule has 0 N–H and O–H groups in total. The van der Waals surface area contributed by atoms with Gasteiger partial charge in [0.15, 0.2) is 0 Å². The third kappa shape index (κ3) is 2.79. The highest BCUT2D eigenvalue weighted by atomic mass is 16.6. The van der Waals surface area contributed by atoms with Crippen molar-refractivity contribution in [3.63, 3.8) is 0 Å². The monoisotopic (exact) mass is 360 g/mol. The summed E-state index contributed by atoms with van der Waals surface area (Å²) in [7, 11) is 0. The third-order valence-corrected chi connectivity index (χ3v) is 9.53. The first-order valence-corrected chi connectivity index (χ1v) is 11.5. The molecule has 0 aromatic rings. The van der Waals surface area contributed by atoms with Crippen LogP contribution in [-0.2, 0) is 14.2 Å². The molecule has 3 heterocycles. The predicted octanol–water partition coefficient (Wildman–Crippen LogP) is 4.58. The highest BCUT2D eigenvalue weighted by Crippen LogP contribution is 2.60. The van der Waals surface area contributed by atoms with Crippen LogP contribution >= 0.6 is 0 Å². The molecule has 11 atom stereocenters. The van der Waals surface area contributed by atoms with E-state index in [1.165, 1.54) is 51.4 Å². The van der Waals surface area contributed by atoms with Crippen molar-refractivity contribution in [2.24, 2.45) is 35.0 Å². The van der Waals surface area contributed by atoms with Crippen molar-refractivity contribution in [3.05, 3.63) is 0 Å².